The van der Waals surface area contributed by atoms with Gasteiger partial charge in [-0.3, -0.25) is 20.2 Å². The standard InChI is InChI=1S/C16H14N8O3.C9H8N6O3S.C8H10N2O2/c17-14-20-15(18-8-7-10-3-5-11(6-4-10)24(25)26)21-16-19-13(22-23(14)16)12-2-1-9-27-12;1-19(16,17)9-12-7(10)15-8(13-9)11-6(14-15)5-3-2-4-18-5;9-6-5-7-1-3-8(4-2-7)10(11)12/h1-6,9H,7-8H2,(H3,17,18,19,20,21,22);2-4H,1H3,(H2,10,11,12,13,14);1-4H,5-6,9H2. The zero-order valence-electron chi connectivity index (χ0n) is 30.2. The fraction of sp³-hybridized carbons (Fsp3) is 0.152. The van der Waals surface area contributed by atoms with Crippen molar-refractivity contribution >= 4 is 50.6 Å². The molecule has 0 saturated carbocycles. The van der Waals surface area contributed by atoms with Gasteiger partial charge in [0, 0.05) is 37.1 Å². The van der Waals surface area contributed by atoms with Crippen LogP contribution >= 0.6 is 0 Å². The van der Waals surface area contributed by atoms with Crippen LogP contribution in [0.25, 0.3) is 34.7 Å². The van der Waals surface area contributed by atoms with E-state index < -0.39 is 24.8 Å². The largest absolute Gasteiger partial charge is 0.461 e. The van der Waals surface area contributed by atoms with E-state index in [0.29, 0.717) is 48.6 Å². The van der Waals surface area contributed by atoms with Crippen LogP contribution in [0.5, 0.6) is 0 Å². The Morgan fingerprint density at radius 2 is 1.17 bits per heavy atom. The van der Waals surface area contributed by atoms with Gasteiger partial charge in [-0.05, 0) is 54.8 Å². The van der Waals surface area contributed by atoms with Crippen LogP contribution in [0.2, 0.25) is 0 Å². The molecular weight excluding hydrogens is 781 g/mol. The van der Waals surface area contributed by atoms with E-state index in [1.54, 1.807) is 48.5 Å². The molecule has 7 N–H and O–H groups in total. The maximum Gasteiger partial charge on any atom is 0.269 e. The number of non-ortho nitro benzene ring substituents is 2. The van der Waals surface area contributed by atoms with Crippen LogP contribution in [-0.4, -0.2) is 86.7 Å². The molecule has 0 fully saturated rings. The Bertz CT molecular complexity index is 2770. The lowest BCUT2D eigenvalue weighted by Crippen LogP contribution is -2.12. The third-order valence-corrected chi connectivity index (χ3v) is 8.53. The van der Waals surface area contributed by atoms with Gasteiger partial charge in [0.2, 0.25) is 39.3 Å². The van der Waals surface area contributed by atoms with Crippen molar-refractivity contribution in [1.82, 2.24) is 49.1 Å². The van der Waals surface area contributed by atoms with E-state index in [2.05, 4.69) is 45.4 Å². The first-order valence-corrected chi connectivity index (χ1v) is 18.7. The Morgan fingerprint density at radius 3 is 1.62 bits per heavy atom. The molecule has 25 heteroatoms. The zero-order valence-corrected chi connectivity index (χ0v) is 31.0. The summed E-state index contributed by atoms with van der Waals surface area (Å²) in [5.74, 6) is 2.23. The first-order valence-electron chi connectivity index (χ1n) is 16.8. The van der Waals surface area contributed by atoms with E-state index in [-0.39, 0.29) is 34.9 Å². The van der Waals surface area contributed by atoms with Gasteiger partial charge in [0.1, 0.15) is 0 Å². The zero-order chi connectivity index (χ0) is 41.4. The van der Waals surface area contributed by atoms with Crippen LogP contribution in [-0.2, 0) is 22.7 Å². The molecule has 0 unspecified atom stereocenters. The average Bonchev–Trinajstić information content (AvgIpc) is 4.03. The van der Waals surface area contributed by atoms with E-state index in [4.69, 9.17) is 26.0 Å². The van der Waals surface area contributed by atoms with Crippen molar-refractivity contribution in [1.29, 1.82) is 0 Å². The van der Waals surface area contributed by atoms with Crippen LogP contribution in [0, 0.1) is 20.2 Å². The number of aromatic nitrogens is 10. The predicted molar refractivity (Wildman–Crippen MR) is 206 cm³/mol. The number of nitro groups is 2. The van der Waals surface area contributed by atoms with Crippen molar-refractivity contribution in [3.05, 3.63) is 117 Å². The van der Waals surface area contributed by atoms with Gasteiger partial charge in [0.05, 0.1) is 22.4 Å². The number of fused-ring (bicyclic) bond motifs is 2. The highest BCUT2D eigenvalue weighted by Crippen LogP contribution is 2.19. The maximum atomic E-state index is 11.4. The molecule has 0 aliphatic rings. The van der Waals surface area contributed by atoms with Gasteiger partial charge in [0.25, 0.3) is 28.1 Å². The van der Waals surface area contributed by atoms with Crippen LogP contribution < -0.4 is 22.5 Å². The minimum atomic E-state index is -3.57. The normalized spacial score (nSPS) is 11.1. The topological polar surface area (TPSA) is 349 Å². The Balaban J connectivity index is 0.000000159. The number of hydrogen-bond donors (Lipinski definition) is 4. The Kier molecular flexibility index (Phi) is 11.8. The van der Waals surface area contributed by atoms with Gasteiger partial charge in [0.15, 0.2) is 11.5 Å². The molecule has 8 aromatic rings. The Morgan fingerprint density at radius 1 is 0.690 bits per heavy atom. The summed E-state index contributed by atoms with van der Waals surface area (Å²) in [5, 5.41) is 31.9. The average molecular weight is 813 g/mol. The van der Waals surface area contributed by atoms with Crippen LogP contribution in [0.4, 0.5) is 29.2 Å². The predicted octanol–water partition coefficient (Wildman–Crippen LogP) is 2.79. The monoisotopic (exact) mass is 812 g/mol. The fourth-order valence-electron chi connectivity index (χ4n) is 4.91. The molecule has 0 aliphatic carbocycles. The molecule has 0 atom stereocenters. The number of benzene rings is 2. The number of sulfone groups is 1. The van der Waals surface area contributed by atoms with E-state index >= 15 is 0 Å². The second kappa shape index (κ2) is 17.3. The highest BCUT2D eigenvalue weighted by atomic mass is 32.2. The van der Waals surface area contributed by atoms with Gasteiger partial charge >= 0.3 is 0 Å². The lowest BCUT2D eigenvalue weighted by Gasteiger charge is -2.06. The molecule has 0 bridgehead atoms. The number of nitrogen functional groups attached to an aromatic ring is 2. The molecular formula is C33H32N16O8S. The lowest BCUT2D eigenvalue weighted by molar-refractivity contribution is -0.385. The van der Waals surface area contributed by atoms with Crippen molar-refractivity contribution in [2.24, 2.45) is 5.73 Å². The third-order valence-electron chi connectivity index (χ3n) is 7.69. The number of rotatable bonds is 11. The first-order chi connectivity index (χ1) is 27.8. The van der Waals surface area contributed by atoms with Crippen molar-refractivity contribution in [2.45, 2.75) is 18.0 Å². The number of nitro benzene ring substituents is 2. The van der Waals surface area contributed by atoms with Gasteiger partial charge in [-0.25, -0.2) is 8.42 Å². The van der Waals surface area contributed by atoms with E-state index in [0.717, 1.165) is 28.3 Å². The Labute approximate surface area is 326 Å². The summed E-state index contributed by atoms with van der Waals surface area (Å²) in [5.41, 5.74) is 19.0. The maximum absolute atomic E-state index is 11.4. The molecule has 0 radical (unpaired) electrons. The summed E-state index contributed by atoms with van der Waals surface area (Å²) in [4.78, 5) is 44.4. The molecule has 2 aromatic carbocycles. The molecule has 24 nitrogen and oxygen atoms in total. The van der Waals surface area contributed by atoms with Gasteiger partial charge in [-0.2, -0.15) is 38.9 Å². The van der Waals surface area contributed by atoms with Crippen molar-refractivity contribution in [2.75, 3.05) is 36.1 Å². The number of hydrogen-bond acceptors (Lipinski definition) is 20. The minimum absolute atomic E-state index is 0.0410. The number of nitrogens with one attached hydrogen (secondary N) is 1. The number of nitrogens with zero attached hydrogens (tertiary/aromatic N) is 12. The van der Waals surface area contributed by atoms with Crippen molar-refractivity contribution < 1.29 is 27.1 Å². The summed E-state index contributed by atoms with van der Waals surface area (Å²) in [6.07, 6.45) is 5.39. The van der Waals surface area contributed by atoms with Crippen LogP contribution in [0.3, 0.4) is 0 Å². The molecule has 8 rings (SSSR count). The third kappa shape index (κ3) is 9.65. The quantitative estimate of drug-likeness (QED) is 0.108. The fourth-order valence-corrected chi connectivity index (χ4v) is 5.42. The van der Waals surface area contributed by atoms with Gasteiger partial charge in [-0.15, -0.1) is 10.2 Å². The molecule has 6 aromatic heterocycles. The molecule has 0 amide bonds. The summed E-state index contributed by atoms with van der Waals surface area (Å²) in [6.45, 7) is 1.09. The molecule has 0 aliphatic heterocycles. The second-order valence-electron chi connectivity index (χ2n) is 11.9. The molecule has 298 valence electrons. The number of nitrogens with two attached hydrogens (primary N) is 3. The number of anilines is 3. The highest BCUT2D eigenvalue weighted by molar-refractivity contribution is 7.90. The van der Waals surface area contributed by atoms with E-state index in [9.17, 15) is 28.6 Å². The van der Waals surface area contributed by atoms with Crippen LogP contribution in [0.15, 0.2) is 99.3 Å². The van der Waals surface area contributed by atoms with E-state index in [1.807, 2.05) is 0 Å². The molecule has 0 saturated heterocycles. The molecule has 58 heavy (non-hydrogen) atoms. The lowest BCUT2D eigenvalue weighted by atomic mass is 10.1. The Hall–Kier alpha value is -7.93. The summed E-state index contributed by atoms with van der Waals surface area (Å²) < 4.78 is 35.7. The summed E-state index contributed by atoms with van der Waals surface area (Å²) in [7, 11) is -3.57. The molecule has 6 heterocycles. The summed E-state index contributed by atoms with van der Waals surface area (Å²) in [6, 6.07) is 19.6. The number of furan rings is 2. The van der Waals surface area contributed by atoms with E-state index in [1.165, 1.54) is 41.3 Å². The van der Waals surface area contributed by atoms with Crippen molar-refractivity contribution in [3.8, 4) is 23.2 Å². The van der Waals surface area contributed by atoms with Gasteiger partial charge < -0.3 is 31.4 Å². The second-order valence-corrected chi connectivity index (χ2v) is 13.8. The SMILES string of the molecule is CS(=O)(=O)c1nc(N)n2nc(-c3ccco3)nc2n1.NCCc1ccc([N+](=O)[O-])cc1.Nc1nc(NCCc2ccc([N+](=O)[O-])cc2)nc2nc(-c3ccco3)nn12. The smallest absolute Gasteiger partial charge is 0.269 e. The summed E-state index contributed by atoms with van der Waals surface area (Å²) >= 11 is 0. The molecule has 0 spiro atoms. The minimum Gasteiger partial charge on any atom is -0.461 e. The highest BCUT2D eigenvalue weighted by Gasteiger charge is 2.19. The van der Waals surface area contributed by atoms with Crippen LogP contribution in [0.1, 0.15) is 11.1 Å². The van der Waals surface area contributed by atoms with Crippen molar-refractivity contribution in [3.63, 3.8) is 0 Å². The first kappa shape index (κ1) is 39.8. The van der Waals surface area contributed by atoms with Gasteiger partial charge in [-0.1, -0.05) is 24.3 Å².